The molecule has 0 bridgehead atoms. The number of aliphatic hydroxyl groups is 1. The lowest BCUT2D eigenvalue weighted by molar-refractivity contribution is 0.0967. The maximum atomic E-state index is 9.65. The largest absolute Gasteiger partial charge is 0.396 e. The summed E-state index contributed by atoms with van der Waals surface area (Å²) in [4.78, 5) is 2.47. The van der Waals surface area contributed by atoms with Crippen molar-refractivity contribution in [3.63, 3.8) is 0 Å². The van der Waals surface area contributed by atoms with Gasteiger partial charge in [0.2, 0.25) is 0 Å². The van der Waals surface area contributed by atoms with Gasteiger partial charge < -0.3 is 10.0 Å². The van der Waals surface area contributed by atoms with Crippen LogP contribution in [0.2, 0.25) is 0 Å². The summed E-state index contributed by atoms with van der Waals surface area (Å²) in [7, 11) is 0. The van der Waals surface area contributed by atoms with Gasteiger partial charge >= 0.3 is 0 Å². The normalized spacial score (nSPS) is 22.6. The number of hydrogen-bond acceptors (Lipinski definition) is 2. The van der Waals surface area contributed by atoms with E-state index in [0.717, 1.165) is 19.5 Å². The zero-order valence-electron chi connectivity index (χ0n) is 13.0. The van der Waals surface area contributed by atoms with E-state index in [1.165, 1.54) is 22.4 Å². The highest BCUT2D eigenvalue weighted by atomic mass is 16.3. The summed E-state index contributed by atoms with van der Waals surface area (Å²) in [5.41, 5.74) is 5.66. The van der Waals surface area contributed by atoms with Crippen LogP contribution >= 0.6 is 0 Å². The van der Waals surface area contributed by atoms with Gasteiger partial charge in [0.05, 0.1) is 0 Å². The topological polar surface area (TPSA) is 23.5 Å². The van der Waals surface area contributed by atoms with E-state index in [-0.39, 0.29) is 12.0 Å². The van der Waals surface area contributed by atoms with E-state index in [1.807, 2.05) is 0 Å². The minimum absolute atomic E-state index is 0.248. The van der Waals surface area contributed by atoms with Crippen molar-refractivity contribution < 1.29 is 5.11 Å². The number of benzene rings is 1. The minimum atomic E-state index is 0.248. The first-order chi connectivity index (χ1) is 8.85. The number of piperidine rings is 1. The summed E-state index contributed by atoms with van der Waals surface area (Å²) >= 11 is 0. The van der Waals surface area contributed by atoms with Gasteiger partial charge in [0, 0.05) is 31.3 Å². The molecular formula is C17H27NO. The lowest BCUT2D eigenvalue weighted by Gasteiger charge is -2.45. The molecule has 0 amide bonds. The van der Waals surface area contributed by atoms with Gasteiger partial charge in [-0.25, -0.2) is 0 Å². The van der Waals surface area contributed by atoms with Gasteiger partial charge in [0.1, 0.15) is 0 Å². The molecule has 106 valence electrons. The Bertz CT molecular complexity index is 441. The summed E-state index contributed by atoms with van der Waals surface area (Å²) in [5, 5.41) is 9.65. The molecule has 2 nitrogen and oxygen atoms in total. The highest BCUT2D eigenvalue weighted by Crippen LogP contribution is 2.38. The van der Waals surface area contributed by atoms with Crippen LogP contribution in [0, 0.1) is 32.1 Å². The number of rotatable bonds is 2. The second-order valence-corrected chi connectivity index (χ2v) is 6.81. The Hall–Kier alpha value is -1.02. The third kappa shape index (κ3) is 2.79. The van der Waals surface area contributed by atoms with Crippen LogP contribution in [0.15, 0.2) is 12.1 Å². The predicted molar refractivity (Wildman–Crippen MR) is 81.8 cm³/mol. The van der Waals surface area contributed by atoms with Crippen molar-refractivity contribution in [2.45, 2.75) is 41.0 Å². The van der Waals surface area contributed by atoms with Crippen molar-refractivity contribution in [2.75, 3.05) is 24.6 Å². The third-order valence-corrected chi connectivity index (χ3v) is 4.74. The van der Waals surface area contributed by atoms with E-state index < -0.39 is 0 Å². The molecule has 1 fully saturated rings. The molecule has 1 aliphatic heterocycles. The SMILES string of the molecule is Cc1cc(C)c(N2CCC(C)(C)C(CO)C2)c(C)c1. The first-order valence-corrected chi connectivity index (χ1v) is 7.29. The van der Waals surface area contributed by atoms with Crippen LogP contribution in [-0.4, -0.2) is 24.8 Å². The Morgan fingerprint density at radius 2 is 1.79 bits per heavy atom. The highest BCUT2D eigenvalue weighted by Gasteiger charge is 2.35. The number of anilines is 1. The van der Waals surface area contributed by atoms with Crippen LogP contribution in [0.25, 0.3) is 0 Å². The molecule has 1 saturated heterocycles. The van der Waals surface area contributed by atoms with Gasteiger partial charge in [0.25, 0.3) is 0 Å². The Morgan fingerprint density at radius 3 is 2.32 bits per heavy atom. The molecule has 2 rings (SSSR count). The summed E-state index contributed by atoms with van der Waals surface area (Å²) in [6.07, 6.45) is 1.14. The van der Waals surface area contributed by atoms with Crippen LogP contribution in [0.5, 0.6) is 0 Å². The van der Waals surface area contributed by atoms with E-state index in [4.69, 9.17) is 0 Å². The van der Waals surface area contributed by atoms with E-state index in [2.05, 4.69) is 51.7 Å². The van der Waals surface area contributed by atoms with Crippen LogP contribution < -0.4 is 4.90 Å². The Balaban J connectivity index is 2.29. The molecule has 0 saturated carbocycles. The van der Waals surface area contributed by atoms with Crippen LogP contribution in [0.1, 0.15) is 37.0 Å². The van der Waals surface area contributed by atoms with Gasteiger partial charge in [-0.2, -0.15) is 0 Å². The molecule has 1 heterocycles. The summed E-state index contributed by atoms with van der Waals surface area (Å²) in [5.74, 6) is 0.362. The van der Waals surface area contributed by atoms with E-state index in [1.54, 1.807) is 0 Å². The molecule has 1 unspecified atom stereocenters. The predicted octanol–water partition coefficient (Wildman–Crippen LogP) is 3.46. The van der Waals surface area contributed by atoms with Crippen molar-refractivity contribution >= 4 is 5.69 Å². The van der Waals surface area contributed by atoms with E-state index in [0.29, 0.717) is 5.92 Å². The molecule has 0 aliphatic carbocycles. The summed E-state index contributed by atoms with van der Waals surface area (Å²) in [6, 6.07) is 4.52. The monoisotopic (exact) mass is 261 g/mol. The molecule has 1 N–H and O–H groups in total. The second kappa shape index (κ2) is 5.16. The standard InChI is InChI=1S/C17H27NO/c1-12-8-13(2)16(14(3)9-12)18-7-6-17(4,5)15(10-18)11-19/h8-9,15,19H,6-7,10-11H2,1-5H3. The number of aryl methyl sites for hydroxylation is 3. The molecular weight excluding hydrogens is 234 g/mol. The molecule has 0 radical (unpaired) electrons. The average Bonchev–Trinajstić information content (AvgIpc) is 2.29. The van der Waals surface area contributed by atoms with Crippen LogP contribution in [0.3, 0.4) is 0 Å². The lowest BCUT2D eigenvalue weighted by Crippen LogP contribution is -2.46. The Labute approximate surface area is 117 Å². The van der Waals surface area contributed by atoms with Crippen LogP contribution in [0.4, 0.5) is 5.69 Å². The number of aliphatic hydroxyl groups excluding tert-OH is 1. The molecule has 1 atom stereocenters. The number of nitrogens with zero attached hydrogens (tertiary/aromatic N) is 1. The minimum Gasteiger partial charge on any atom is -0.396 e. The third-order valence-electron chi connectivity index (χ3n) is 4.74. The fourth-order valence-corrected chi connectivity index (χ4v) is 3.41. The maximum Gasteiger partial charge on any atom is 0.0481 e. The quantitative estimate of drug-likeness (QED) is 0.881. The first kappa shape index (κ1) is 14.4. The maximum absolute atomic E-state index is 9.65. The average molecular weight is 261 g/mol. The lowest BCUT2D eigenvalue weighted by atomic mass is 9.73. The molecule has 1 aliphatic rings. The molecule has 1 aromatic carbocycles. The Kier molecular flexibility index (Phi) is 3.91. The van der Waals surface area contributed by atoms with Gasteiger partial charge in [-0.1, -0.05) is 31.5 Å². The van der Waals surface area contributed by atoms with Crippen LogP contribution in [-0.2, 0) is 0 Å². The van der Waals surface area contributed by atoms with Crippen molar-refractivity contribution in [1.29, 1.82) is 0 Å². The number of hydrogen-bond donors (Lipinski definition) is 1. The molecule has 2 heteroatoms. The van der Waals surface area contributed by atoms with E-state index in [9.17, 15) is 5.11 Å². The zero-order valence-corrected chi connectivity index (χ0v) is 13.0. The van der Waals surface area contributed by atoms with Gasteiger partial charge in [0.15, 0.2) is 0 Å². The molecule has 19 heavy (non-hydrogen) atoms. The second-order valence-electron chi connectivity index (χ2n) is 6.81. The fourth-order valence-electron chi connectivity index (χ4n) is 3.41. The van der Waals surface area contributed by atoms with E-state index >= 15 is 0 Å². The van der Waals surface area contributed by atoms with Crippen molar-refractivity contribution in [1.82, 2.24) is 0 Å². The van der Waals surface area contributed by atoms with Crippen molar-refractivity contribution in [3.8, 4) is 0 Å². The first-order valence-electron chi connectivity index (χ1n) is 7.29. The van der Waals surface area contributed by atoms with Crippen molar-refractivity contribution in [3.05, 3.63) is 28.8 Å². The smallest absolute Gasteiger partial charge is 0.0481 e. The highest BCUT2D eigenvalue weighted by molar-refractivity contribution is 5.60. The molecule has 0 aromatic heterocycles. The molecule has 0 spiro atoms. The van der Waals surface area contributed by atoms with Gasteiger partial charge in [-0.3, -0.25) is 0 Å². The zero-order chi connectivity index (χ0) is 14.2. The van der Waals surface area contributed by atoms with Crippen molar-refractivity contribution in [2.24, 2.45) is 11.3 Å². The summed E-state index contributed by atoms with van der Waals surface area (Å²) < 4.78 is 0. The Morgan fingerprint density at radius 1 is 1.21 bits per heavy atom. The fraction of sp³-hybridized carbons (Fsp3) is 0.647. The summed E-state index contributed by atoms with van der Waals surface area (Å²) in [6.45, 7) is 13.4. The van der Waals surface area contributed by atoms with Gasteiger partial charge in [-0.05, 0) is 43.7 Å². The van der Waals surface area contributed by atoms with Gasteiger partial charge in [-0.15, -0.1) is 0 Å². The molecule has 1 aromatic rings.